The highest BCUT2D eigenvalue weighted by molar-refractivity contribution is 6.37. The third kappa shape index (κ3) is 1.99. The quantitative estimate of drug-likeness (QED) is 0.713. The number of H-pyrrole nitrogens is 1. The summed E-state index contributed by atoms with van der Waals surface area (Å²) in [7, 11) is 0. The number of carbonyl (C=O) groups is 1. The molecule has 0 aliphatic rings. The highest BCUT2D eigenvalue weighted by Gasteiger charge is 2.19. The van der Waals surface area contributed by atoms with E-state index in [4.69, 9.17) is 23.2 Å². The van der Waals surface area contributed by atoms with Crippen LogP contribution in [-0.4, -0.2) is 15.8 Å². The van der Waals surface area contributed by atoms with Crippen LogP contribution in [-0.2, 0) is 0 Å². The number of rotatable bonds is 2. The average molecular weight is 305 g/mol. The number of nitrogens with zero attached hydrogens (tertiary/aromatic N) is 1. The van der Waals surface area contributed by atoms with E-state index in [-0.39, 0.29) is 5.78 Å². The first kappa shape index (κ1) is 13.2. The average Bonchev–Trinajstić information content (AvgIpc) is 2.86. The Bertz CT molecular complexity index is 824. The maximum atomic E-state index is 12.7. The summed E-state index contributed by atoms with van der Waals surface area (Å²) in [5.41, 5.74) is 2.43. The molecule has 5 heteroatoms. The molecule has 0 fully saturated rings. The van der Waals surface area contributed by atoms with Crippen LogP contribution >= 0.6 is 23.2 Å². The number of nitrogens with one attached hydrogen (secondary N) is 1. The third-order valence-electron chi connectivity index (χ3n) is 3.28. The monoisotopic (exact) mass is 304 g/mol. The van der Waals surface area contributed by atoms with Crippen molar-refractivity contribution in [2.24, 2.45) is 0 Å². The zero-order valence-electron chi connectivity index (χ0n) is 10.6. The lowest BCUT2D eigenvalue weighted by Crippen LogP contribution is -2.03. The van der Waals surface area contributed by atoms with Crippen LogP contribution < -0.4 is 0 Å². The van der Waals surface area contributed by atoms with E-state index in [2.05, 4.69) is 9.97 Å². The van der Waals surface area contributed by atoms with E-state index in [9.17, 15) is 4.79 Å². The maximum Gasteiger partial charge on any atom is 0.195 e. The molecule has 0 saturated carbocycles. The van der Waals surface area contributed by atoms with Gasteiger partial charge in [-0.05, 0) is 24.6 Å². The van der Waals surface area contributed by atoms with Gasteiger partial charge in [0, 0.05) is 28.4 Å². The Hall–Kier alpha value is -1.84. The van der Waals surface area contributed by atoms with Crippen molar-refractivity contribution in [3.63, 3.8) is 0 Å². The molecule has 0 amide bonds. The lowest BCUT2D eigenvalue weighted by Gasteiger charge is -2.06. The number of halogens is 2. The van der Waals surface area contributed by atoms with Crippen LogP contribution in [0.15, 0.2) is 36.7 Å². The van der Waals surface area contributed by atoms with Crippen LogP contribution in [0.2, 0.25) is 10.0 Å². The molecule has 100 valence electrons. The van der Waals surface area contributed by atoms with Gasteiger partial charge < -0.3 is 4.98 Å². The van der Waals surface area contributed by atoms with E-state index >= 15 is 0 Å². The van der Waals surface area contributed by atoms with Crippen LogP contribution in [0.3, 0.4) is 0 Å². The zero-order chi connectivity index (χ0) is 14.3. The van der Waals surface area contributed by atoms with Gasteiger partial charge in [-0.1, -0.05) is 35.3 Å². The molecule has 3 nitrogen and oxygen atoms in total. The molecule has 0 aliphatic carbocycles. The number of hydrogen-bond donors (Lipinski definition) is 1. The lowest BCUT2D eigenvalue weighted by molar-refractivity contribution is 0.103. The van der Waals surface area contributed by atoms with Crippen molar-refractivity contribution >= 4 is 40.0 Å². The summed E-state index contributed by atoms with van der Waals surface area (Å²) >= 11 is 12.2. The number of carbonyl (C=O) groups excluding carboxylic acids is 1. The summed E-state index contributed by atoms with van der Waals surface area (Å²) in [6.07, 6.45) is 3.23. The second kappa shape index (κ2) is 4.93. The van der Waals surface area contributed by atoms with Gasteiger partial charge in [0.15, 0.2) is 5.78 Å². The molecule has 1 aromatic carbocycles. The highest BCUT2D eigenvalue weighted by atomic mass is 35.5. The Morgan fingerprint density at radius 2 is 1.95 bits per heavy atom. The van der Waals surface area contributed by atoms with E-state index in [0.29, 0.717) is 32.2 Å². The Labute approximate surface area is 125 Å². The molecule has 20 heavy (non-hydrogen) atoms. The summed E-state index contributed by atoms with van der Waals surface area (Å²) < 4.78 is 0. The molecule has 0 atom stereocenters. The SMILES string of the molecule is Cc1c(Cl)cccc1C(=O)c1c[nH]c2nccc(Cl)c12. The van der Waals surface area contributed by atoms with Crippen LogP contribution in [0, 0.1) is 6.92 Å². The largest absolute Gasteiger partial charge is 0.345 e. The van der Waals surface area contributed by atoms with Gasteiger partial charge in [-0.25, -0.2) is 4.98 Å². The summed E-state index contributed by atoms with van der Waals surface area (Å²) in [5.74, 6) is -0.119. The fourth-order valence-corrected chi connectivity index (χ4v) is 2.62. The zero-order valence-corrected chi connectivity index (χ0v) is 12.1. The van der Waals surface area contributed by atoms with Gasteiger partial charge in [0.05, 0.1) is 10.6 Å². The van der Waals surface area contributed by atoms with Gasteiger partial charge in [0.2, 0.25) is 0 Å². The van der Waals surface area contributed by atoms with Gasteiger partial charge in [0.1, 0.15) is 5.65 Å². The highest BCUT2D eigenvalue weighted by Crippen LogP contribution is 2.28. The predicted molar refractivity (Wildman–Crippen MR) is 80.7 cm³/mol. The number of ketones is 1. The van der Waals surface area contributed by atoms with Crippen molar-refractivity contribution in [2.45, 2.75) is 6.92 Å². The second-order valence-electron chi connectivity index (χ2n) is 4.46. The van der Waals surface area contributed by atoms with Crippen molar-refractivity contribution in [2.75, 3.05) is 0 Å². The fourth-order valence-electron chi connectivity index (χ4n) is 2.19. The van der Waals surface area contributed by atoms with E-state index in [1.54, 1.807) is 36.7 Å². The van der Waals surface area contributed by atoms with Crippen molar-refractivity contribution in [1.82, 2.24) is 9.97 Å². The first-order chi connectivity index (χ1) is 9.59. The van der Waals surface area contributed by atoms with Crippen molar-refractivity contribution in [3.8, 4) is 0 Å². The lowest BCUT2D eigenvalue weighted by atomic mass is 9.99. The maximum absolute atomic E-state index is 12.7. The second-order valence-corrected chi connectivity index (χ2v) is 5.27. The van der Waals surface area contributed by atoms with Gasteiger partial charge in [-0.3, -0.25) is 4.79 Å². The Morgan fingerprint density at radius 1 is 1.15 bits per heavy atom. The molecule has 3 aromatic rings. The van der Waals surface area contributed by atoms with E-state index in [1.165, 1.54) is 0 Å². The topological polar surface area (TPSA) is 45.8 Å². The summed E-state index contributed by atoms with van der Waals surface area (Å²) in [4.78, 5) is 19.8. The third-order valence-corrected chi connectivity index (χ3v) is 4.00. The summed E-state index contributed by atoms with van der Waals surface area (Å²) in [5, 5.41) is 1.71. The molecular weight excluding hydrogens is 295 g/mol. The molecule has 0 saturated heterocycles. The predicted octanol–water partition coefficient (Wildman–Crippen LogP) is 4.41. The minimum atomic E-state index is -0.119. The molecule has 0 spiro atoms. The first-order valence-electron chi connectivity index (χ1n) is 6.01. The summed E-state index contributed by atoms with van der Waals surface area (Å²) in [6.45, 7) is 1.82. The minimum absolute atomic E-state index is 0.119. The van der Waals surface area contributed by atoms with Gasteiger partial charge >= 0.3 is 0 Å². The smallest absolute Gasteiger partial charge is 0.195 e. The van der Waals surface area contributed by atoms with Crippen molar-refractivity contribution in [3.05, 3.63) is 63.4 Å². The number of pyridine rings is 1. The molecular formula is C15H10Cl2N2O. The van der Waals surface area contributed by atoms with Crippen LogP contribution in [0.5, 0.6) is 0 Å². The standard InChI is InChI=1S/C15H10Cl2N2O/c1-8-9(3-2-4-11(8)16)14(20)10-7-19-15-13(10)12(17)5-6-18-15/h2-7H,1H3,(H,18,19). The Kier molecular flexibility index (Phi) is 3.24. The van der Waals surface area contributed by atoms with Gasteiger partial charge in [0.25, 0.3) is 0 Å². The van der Waals surface area contributed by atoms with Crippen LogP contribution in [0.25, 0.3) is 11.0 Å². The Balaban J connectivity index is 2.21. The van der Waals surface area contributed by atoms with Crippen molar-refractivity contribution in [1.29, 1.82) is 0 Å². The van der Waals surface area contributed by atoms with E-state index in [1.807, 2.05) is 6.92 Å². The molecule has 1 N–H and O–H groups in total. The molecule has 0 radical (unpaired) electrons. The normalized spacial score (nSPS) is 10.9. The van der Waals surface area contributed by atoms with Crippen molar-refractivity contribution < 1.29 is 4.79 Å². The molecule has 0 unspecified atom stereocenters. The fraction of sp³-hybridized carbons (Fsp3) is 0.0667. The number of hydrogen-bond acceptors (Lipinski definition) is 2. The molecule has 3 rings (SSSR count). The van der Waals surface area contributed by atoms with Gasteiger partial charge in [-0.2, -0.15) is 0 Å². The van der Waals surface area contributed by atoms with Crippen LogP contribution in [0.1, 0.15) is 21.5 Å². The molecule has 0 bridgehead atoms. The summed E-state index contributed by atoms with van der Waals surface area (Å²) in [6, 6.07) is 6.95. The van der Waals surface area contributed by atoms with E-state index in [0.717, 1.165) is 5.56 Å². The molecule has 2 aromatic heterocycles. The number of aromatic nitrogens is 2. The number of fused-ring (bicyclic) bond motifs is 1. The minimum Gasteiger partial charge on any atom is -0.345 e. The molecule has 0 aliphatic heterocycles. The first-order valence-corrected chi connectivity index (χ1v) is 6.76. The van der Waals surface area contributed by atoms with E-state index < -0.39 is 0 Å². The number of aromatic amines is 1. The van der Waals surface area contributed by atoms with Gasteiger partial charge in [-0.15, -0.1) is 0 Å². The Morgan fingerprint density at radius 3 is 2.75 bits per heavy atom. The van der Waals surface area contributed by atoms with Crippen LogP contribution in [0.4, 0.5) is 0 Å². The molecule has 2 heterocycles. The number of benzene rings is 1.